The van der Waals surface area contributed by atoms with E-state index in [0.717, 1.165) is 11.1 Å². The van der Waals surface area contributed by atoms with E-state index >= 15 is 4.39 Å². The van der Waals surface area contributed by atoms with Crippen LogP contribution in [-0.2, 0) is 27.4 Å². The zero-order valence-electron chi connectivity index (χ0n) is 18.4. The van der Waals surface area contributed by atoms with Crippen LogP contribution < -0.4 is 4.90 Å². The predicted molar refractivity (Wildman–Crippen MR) is 122 cm³/mol. The maximum Gasteiger partial charge on any atom is 0.315 e. The summed E-state index contributed by atoms with van der Waals surface area (Å²) in [5.74, 6) is -2.59. The number of benzene rings is 3. The zero-order valence-corrected chi connectivity index (χ0v) is 18.4. The van der Waals surface area contributed by atoms with Crippen molar-refractivity contribution in [2.24, 2.45) is 0 Å². The first kappa shape index (κ1) is 23.9. The number of esters is 1. The van der Waals surface area contributed by atoms with Crippen LogP contribution in [0.2, 0.25) is 0 Å². The number of halogens is 1. The molecule has 0 radical (unpaired) electrons. The number of nitrogens with zero attached hydrogens (tertiary/aromatic N) is 2. The molecule has 1 atom stereocenters. The van der Waals surface area contributed by atoms with E-state index in [9.17, 15) is 14.9 Å². The Labute approximate surface area is 191 Å². The van der Waals surface area contributed by atoms with Crippen LogP contribution in [0.3, 0.4) is 0 Å². The highest BCUT2D eigenvalue weighted by molar-refractivity contribution is 5.80. The van der Waals surface area contributed by atoms with Gasteiger partial charge in [-0.3, -0.25) is 14.9 Å². The average molecular weight is 452 g/mol. The van der Waals surface area contributed by atoms with E-state index in [1.165, 1.54) is 26.4 Å². The molecule has 0 aliphatic rings. The van der Waals surface area contributed by atoms with Crippen LogP contribution in [0.15, 0.2) is 72.8 Å². The van der Waals surface area contributed by atoms with Crippen molar-refractivity contribution < 1.29 is 23.6 Å². The van der Waals surface area contributed by atoms with Crippen LogP contribution in [0, 0.1) is 15.9 Å². The van der Waals surface area contributed by atoms with Crippen LogP contribution in [0.1, 0.15) is 22.6 Å². The van der Waals surface area contributed by atoms with E-state index in [1.54, 1.807) is 4.90 Å². The molecule has 0 heterocycles. The Balaban J connectivity index is 2.17. The molecule has 0 aromatic heterocycles. The van der Waals surface area contributed by atoms with Crippen molar-refractivity contribution >= 4 is 17.3 Å². The fraction of sp³-hybridized carbons (Fsp3) is 0.240. The van der Waals surface area contributed by atoms with Gasteiger partial charge in [-0.15, -0.1) is 0 Å². The van der Waals surface area contributed by atoms with Gasteiger partial charge in [0.2, 0.25) is 0 Å². The molecule has 0 fully saturated rings. The number of anilines is 1. The fourth-order valence-corrected chi connectivity index (χ4v) is 3.70. The largest absolute Gasteiger partial charge is 0.468 e. The van der Waals surface area contributed by atoms with Crippen molar-refractivity contribution in [1.29, 1.82) is 0 Å². The van der Waals surface area contributed by atoms with Gasteiger partial charge in [0.25, 0.3) is 5.69 Å². The molecule has 0 bridgehead atoms. The topological polar surface area (TPSA) is 81.9 Å². The van der Waals surface area contributed by atoms with Gasteiger partial charge in [0.1, 0.15) is 5.92 Å². The second kappa shape index (κ2) is 11.2. The smallest absolute Gasteiger partial charge is 0.315 e. The first-order chi connectivity index (χ1) is 16.0. The van der Waals surface area contributed by atoms with Crippen molar-refractivity contribution in [3.8, 4) is 0 Å². The Hall–Kier alpha value is -3.78. The summed E-state index contributed by atoms with van der Waals surface area (Å²) in [5, 5.41) is 11.9. The number of carbonyl (C=O) groups excluding carboxylic acids is 1. The molecule has 0 saturated carbocycles. The molecule has 0 aliphatic heterocycles. The van der Waals surface area contributed by atoms with Gasteiger partial charge in [0.15, 0.2) is 11.5 Å². The van der Waals surface area contributed by atoms with E-state index < -0.39 is 22.6 Å². The highest BCUT2D eigenvalue weighted by atomic mass is 19.1. The standard InChI is InChI=1S/C25H25FN2O5/c1-32-17-21(25(29)33-2)20-13-14-22(28(30)31)24(23(20)26)27(15-18-9-5-3-6-10-18)16-19-11-7-4-8-12-19/h3-14,21H,15-17H2,1-2H3. The van der Waals surface area contributed by atoms with Crippen LogP contribution in [0.5, 0.6) is 0 Å². The average Bonchev–Trinajstić information content (AvgIpc) is 2.83. The van der Waals surface area contributed by atoms with Gasteiger partial charge in [-0.2, -0.15) is 0 Å². The fourth-order valence-electron chi connectivity index (χ4n) is 3.70. The van der Waals surface area contributed by atoms with Gasteiger partial charge in [-0.05, 0) is 17.2 Å². The molecule has 1 unspecified atom stereocenters. The normalized spacial score (nSPS) is 11.6. The Morgan fingerprint density at radius 1 is 0.970 bits per heavy atom. The van der Waals surface area contributed by atoms with Gasteiger partial charge >= 0.3 is 5.97 Å². The van der Waals surface area contributed by atoms with Gasteiger partial charge in [-0.25, -0.2) is 4.39 Å². The molecular weight excluding hydrogens is 427 g/mol. The van der Waals surface area contributed by atoms with Crippen LogP contribution in [0.25, 0.3) is 0 Å². The minimum atomic E-state index is -1.06. The third-order valence-electron chi connectivity index (χ3n) is 5.26. The minimum absolute atomic E-state index is 0.0181. The van der Waals surface area contributed by atoms with Crippen LogP contribution in [-0.4, -0.2) is 31.7 Å². The number of ether oxygens (including phenoxy) is 2. The zero-order chi connectivity index (χ0) is 23.8. The first-order valence-corrected chi connectivity index (χ1v) is 10.3. The van der Waals surface area contributed by atoms with Crippen molar-refractivity contribution in [3.63, 3.8) is 0 Å². The molecule has 8 heteroatoms. The van der Waals surface area contributed by atoms with Gasteiger partial charge in [0.05, 0.1) is 18.6 Å². The summed E-state index contributed by atoms with van der Waals surface area (Å²) in [5.41, 5.74) is 1.12. The Morgan fingerprint density at radius 2 is 1.52 bits per heavy atom. The lowest BCUT2D eigenvalue weighted by atomic mass is 9.97. The molecule has 33 heavy (non-hydrogen) atoms. The summed E-state index contributed by atoms with van der Waals surface area (Å²) in [7, 11) is 2.59. The number of nitro benzene ring substituents is 1. The number of methoxy groups -OCH3 is 2. The number of nitro groups is 1. The van der Waals surface area contributed by atoms with Crippen molar-refractivity contribution in [1.82, 2.24) is 0 Å². The molecule has 0 N–H and O–H groups in total. The molecule has 3 aromatic carbocycles. The molecule has 0 aliphatic carbocycles. The van der Waals surface area contributed by atoms with E-state index in [0.29, 0.717) is 0 Å². The predicted octanol–water partition coefficient (Wildman–Crippen LogP) is 4.84. The summed E-state index contributed by atoms with van der Waals surface area (Å²) in [6.07, 6.45) is 0. The Morgan fingerprint density at radius 3 is 1.97 bits per heavy atom. The molecule has 0 saturated heterocycles. The van der Waals surface area contributed by atoms with Gasteiger partial charge < -0.3 is 14.4 Å². The second-order valence-corrected chi connectivity index (χ2v) is 7.45. The number of hydrogen-bond donors (Lipinski definition) is 0. The van der Waals surface area contributed by atoms with Crippen LogP contribution in [0.4, 0.5) is 15.8 Å². The van der Waals surface area contributed by atoms with Crippen molar-refractivity contribution in [2.75, 3.05) is 25.7 Å². The number of rotatable bonds is 10. The lowest BCUT2D eigenvalue weighted by Gasteiger charge is -2.27. The Kier molecular flexibility index (Phi) is 8.10. The lowest BCUT2D eigenvalue weighted by molar-refractivity contribution is -0.384. The molecule has 0 spiro atoms. The first-order valence-electron chi connectivity index (χ1n) is 10.3. The summed E-state index contributed by atoms with van der Waals surface area (Å²) >= 11 is 0. The van der Waals surface area contributed by atoms with Gasteiger partial charge in [-0.1, -0.05) is 60.7 Å². The van der Waals surface area contributed by atoms with E-state index in [4.69, 9.17) is 9.47 Å². The molecule has 7 nitrogen and oxygen atoms in total. The quantitative estimate of drug-likeness (QED) is 0.249. The highest BCUT2D eigenvalue weighted by Crippen LogP contribution is 2.38. The summed E-state index contributed by atoms with van der Waals surface area (Å²) in [4.78, 5) is 25.2. The molecule has 0 amide bonds. The molecule has 3 aromatic rings. The monoisotopic (exact) mass is 452 g/mol. The number of hydrogen-bond acceptors (Lipinski definition) is 6. The van der Waals surface area contributed by atoms with Crippen molar-refractivity contribution in [3.05, 3.63) is 105 Å². The summed E-state index contributed by atoms with van der Waals surface area (Å²) < 4.78 is 25.9. The van der Waals surface area contributed by atoms with E-state index in [2.05, 4.69) is 0 Å². The lowest BCUT2D eigenvalue weighted by Crippen LogP contribution is -2.26. The third-order valence-corrected chi connectivity index (χ3v) is 5.26. The SMILES string of the molecule is COCC(C(=O)OC)c1ccc([N+](=O)[O-])c(N(Cc2ccccc2)Cc2ccccc2)c1F. The minimum Gasteiger partial charge on any atom is -0.468 e. The maximum atomic E-state index is 16.0. The Bertz CT molecular complexity index is 1050. The summed E-state index contributed by atoms with van der Waals surface area (Å²) in [6, 6.07) is 21.1. The molecule has 172 valence electrons. The van der Waals surface area contributed by atoms with E-state index in [-0.39, 0.29) is 36.6 Å². The number of carbonyl (C=O) groups is 1. The second-order valence-electron chi connectivity index (χ2n) is 7.45. The van der Waals surface area contributed by atoms with Gasteiger partial charge in [0, 0.05) is 31.8 Å². The third kappa shape index (κ3) is 5.72. The van der Waals surface area contributed by atoms with Crippen molar-refractivity contribution in [2.45, 2.75) is 19.0 Å². The molecular formula is C25H25FN2O5. The van der Waals surface area contributed by atoms with Crippen LogP contribution >= 0.6 is 0 Å². The van der Waals surface area contributed by atoms with E-state index in [1.807, 2.05) is 60.7 Å². The molecule has 3 rings (SSSR count). The maximum absolute atomic E-state index is 16.0. The highest BCUT2D eigenvalue weighted by Gasteiger charge is 2.32. The summed E-state index contributed by atoms with van der Waals surface area (Å²) in [6.45, 7) is 0.326.